The molecular weight excluding hydrogens is 263 g/mol. The predicted octanol–water partition coefficient (Wildman–Crippen LogP) is 4.91. The molecule has 1 aromatic carbocycles. The molecule has 0 radical (unpaired) electrons. The van der Waals surface area contributed by atoms with Gasteiger partial charge in [-0.05, 0) is 25.0 Å². The Morgan fingerprint density at radius 3 is 2.58 bits per heavy atom. The van der Waals surface area contributed by atoms with E-state index in [1.54, 1.807) is 6.07 Å². The van der Waals surface area contributed by atoms with Crippen LogP contribution in [-0.2, 0) is 5.88 Å². The summed E-state index contributed by atoms with van der Waals surface area (Å²) in [6.45, 7) is 6.54. The van der Waals surface area contributed by atoms with Gasteiger partial charge in [0.15, 0.2) is 5.82 Å². The topological polar surface area (TPSA) is 17.8 Å². The highest BCUT2D eigenvalue weighted by Gasteiger charge is 2.22. The molecule has 0 fully saturated rings. The molecule has 0 N–H and O–H groups in total. The molecule has 1 unspecified atom stereocenters. The normalized spacial score (nSPS) is 13.4. The second-order valence-electron chi connectivity index (χ2n) is 4.96. The van der Waals surface area contributed by atoms with Gasteiger partial charge in [-0.25, -0.2) is 9.37 Å². The number of halogens is 2. The number of aromatic nitrogens is 2. The molecule has 2 aromatic rings. The minimum Gasteiger partial charge on any atom is -0.324 e. The van der Waals surface area contributed by atoms with E-state index in [1.807, 2.05) is 6.07 Å². The molecule has 19 heavy (non-hydrogen) atoms. The Bertz CT molecular complexity index is 561. The van der Waals surface area contributed by atoms with Crippen molar-refractivity contribution in [3.63, 3.8) is 0 Å². The quantitative estimate of drug-likeness (QED) is 0.712. The minimum absolute atomic E-state index is 0.274. The second-order valence-corrected chi connectivity index (χ2v) is 5.22. The molecule has 0 amide bonds. The summed E-state index contributed by atoms with van der Waals surface area (Å²) in [5.41, 5.74) is 1.27. The zero-order valence-electron chi connectivity index (χ0n) is 11.7. The lowest BCUT2D eigenvalue weighted by Crippen LogP contribution is -2.17. The van der Waals surface area contributed by atoms with Crippen LogP contribution in [0.3, 0.4) is 0 Å². The van der Waals surface area contributed by atoms with E-state index in [0.29, 0.717) is 17.3 Å². The fraction of sp³-hybridized carbons (Fsp3) is 0.533. The number of alkyl halides is 1. The molecule has 104 valence electrons. The monoisotopic (exact) mass is 282 g/mol. The lowest BCUT2D eigenvalue weighted by molar-refractivity contribution is 0.334. The zero-order valence-corrected chi connectivity index (χ0v) is 12.4. The molecule has 1 heterocycles. The Morgan fingerprint density at radius 1 is 1.32 bits per heavy atom. The number of nitrogens with zero attached hydrogens (tertiary/aromatic N) is 2. The van der Waals surface area contributed by atoms with Gasteiger partial charge >= 0.3 is 0 Å². The summed E-state index contributed by atoms with van der Waals surface area (Å²) < 4.78 is 15.9. The molecule has 0 saturated carbocycles. The van der Waals surface area contributed by atoms with Gasteiger partial charge < -0.3 is 4.57 Å². The lowest BCUT2D eigenvalue weighted by Gasteiger charge is -2.25. The van der Waals surface area contributed by atoms with Gasteiger partial charge in [0.05, 0.1) is 11.4 Å². The Morgan fingerprint density at radius 2 is 2.00 bits per heavy atom. The highest BCUT2D eigenvalue weighted by atomic mass is 35.5. The summed E-state index contributed by atoms with van der Waals surface area (Å²) in [6, 6.07) is 5.36. The van der Waals surface area contributed by atoms with Crippen molar-refractivity contribution in [1.29, 1.82) is 0 Å². The first kappa shape index (κ1) is 14.3. The maximum atomic E-state index is 13.8. The fourth-order valence-corrected chi connectivity index (χ4v) is 3.05. The molecule has 2 rings (SSSR count). The van der Waals surface area contributed by atoms with Gasteiger partial charge in [-0.15, -0.1) is 11.6 Å². The first-order chi connectivity index (χ1) is 9.13. The van der Waals surface area contributed by atoms with E-state index in [2.05, 4.69) is 30.3 Å². The van der Waals surface area contributed by atoms with Crippen molar-refractivity contribution < 1.29 is 4.39 Å². The number of para-hydroxylation sites is 1. The van der Waals surface area contributed by atoms with Crippen LogP contribution >= 0.6 is 11.6 Å². The van der Waals surface area contributed by atoms with Crippen molar-refractivity contribution in [3.8, 4) is 0 Å². The van der Waals surface area contributed by atoms with Crippen LogP contribution in [0.1, 0.15) is 45.5 Å². The summed E-state index contributed by atoms with van der Waals surface area (Å²) in [7, 11) is 0. The highest BCUT2D eigenvalue weighted by molar-refractivity contribution is 6.16. The van der Waals surface area contributed by atoms with Crippen molar-refractivity contribution in [2.75, 3.05) is 0 Å². The van der Waals surface area contributed by atoms with Crippen molar-refractivity contribution in [2.45, 2.75) is 45.5 Å². The third-order valence-electron chi connectivity index (χ3n) is 4.00. The maximum Gasteiger partial charge on any atom is 0.151 e. The number of imidazole rings is 1. The SMILES string of the molecule is CCC(CC)C(C)n1c(CCl)nc2c(F)cccc21. The van der Waals surface area contributed by atoms with Crippen molar-refractivity contribution >= 4 is 22.6 Å². The zero-order chi connectivity index (χ0) is 14.0. The molecule has 0 bridgehead atoms. The van der Waals surface area contributed by atoms with E-state index in [4.69, 9.17) is 11.6 Å². The van der Waals surface area contributed by atoms with Gasteiger partial charge in [-0.1, -0.05) is 32.8 Å². The number of fused-ring (bicyclic) bond motifs is 1. The molecular formula is C15H20ClFN2. The van der Waals surface area contributed by atoms with E-state index in [9.17, 15) is 4.39 Å². The van der Waals surface area contributed by atoms with Crippen LogP contribution in [-0.4, -0.2) is 9.55 Å². The van der Waals surface area contributed by atoms with E-state index < -0.39 is 0 Å². The molecule has 4 heteroatoms. The Balaban J connectivity index is 2.60. The second kappa shape index (κ2) is 5.91. The Labute approximate surface area is 118 Å². The van der Waals surface area contributed by atoms with Crippen molar-refractivity contribution in [2.24, 2.45) is 5.92 Å². The highest BCUT2D eigenvalue weighted by Crippen LogP contribution is 2.31. The molecule has 0 aliphatic rings. The summed E-state index contributed by atoms with van der Waals surface area (Å²) in [5.74, 6) is 1.32. The summed E-state index contributed by atoms with van der Waals surface area (Å²) in [5, 5.41) is 0. The molecule has 0 saturated heterocycles. The van der Waals surface area contributed by atoms with Crippen LogP contribution in [0.15, 0.2) is 18.2 Å². The first-order valence-electron chi connectivity index (χ1n) is 6.85. The first-order valence-corrected chi connectivity index (χ1v) is 7.38. The van der Waals surface area contributed by atoms with Gasteiger partial charge in [0.1, 0.15) is 11.3 Å². The van der Waals surface area contributed by atoms with Crippen LogP contribution < -0.4 is 0 Å². The molecule has 0 aliphatic carbocycles. The standard InChI is InChI=1S/C15H20ClFN2/c1-4-11(5-2)10(3)19-13-8-6-7-12(17)15(13)18-14(19)9-16/h6-8,10-11H,4-5,9H2,1-3H3. The van der Waals surface area contributed by atoms with Crippen molar-refractivity contribution in [1.82, 2.24) is 9.55 Å². The molecule has 2 nitrogen and oxygen atoms in total. The third kappa shape index (κ3) is 2.48. The molecule has 0 aliphatic heterocycles. The summed E-state index contributed by atoms with van der Waals surface area (Å²) >= 11 is 5.99. The van der Waals surface area contributed by atoms with Gasteiger partial charge in [-0.3, -0.25) is 0 Å². The van der Waals surface area contributed by atoms with Crippen LogP contribution in [0.25, 0.3) is 11.0 Å². The Kier molecular flexibility index (Phi) is 4.46. The summed E-state index contributed by atoms with van der Waals surface area (Å²) in [6.07, 6.45) is 2.18. The number of hydrogen-bond donors (Lipinski definition) is 0. The number of benzene rings is 1. The minimum atomic E-state index is -0.278. The average Bonchev–Trinajstić information content (AvgIpc) is 2.80. The Hall–Kier alpha value is -1.09. The van der Waals surface area contributed by atoms with Crippen LogP contribution in [0.5, 0.6) is 0 Å². The maximum absolute atomic E-state index is 13.8. The van der Waals surface area contributed by atoms with E-state index >= 15 is 0 Å². The van der Waals surface area contributed by atoms with Gasteiger partial charge in [0, 0.05) is 6.04 Å². The summed E-state index contributed by atoms with van der Waals surface area (Å²) in [4.78, 5) is 4.36. The smallest absolute Gasteiger partial charge is 0.151 e. The van der Waals surface area contributed by atoms with Crippen LogP contribution in [0.2, 0.25) is 0 Å². The molecule has 1 aromatic heterocycles. The van der Waals surface area contributed by atoms with Gasteiger partial charge in [0.25, 0.3) is 0 Å². The van der Waals surface area contributed by atoms with Crippen LogP contribution in [0, 0.1) is 11.7 Å². The fourth-order valence-electron chi connectivity index (χ4n) is 2.86. The largest absolute Gasteiger partial charge is 0.324 e. The van der Waals surface area contributed by atoms with Gasteiger partial charge in [-0.2, -0.15) is 0 Å². The van der Waals surface area contributed by atoms with E-state index in [-0.39, 0.29) is 11.9 Å². The third-order valence-corrected chi connectivity index (χ3v) is 4.24. The van der Waals surface area contributed by atoms with E-state index in [0.717, 1.165) is 24.2 Å². The average molecular weight is 283 g/mol. The lowest BCUT2D eigenvalue weighted by atomic mass is 9.95. The number of rotatable bonds is 5. The number of hydrogen-bond acceptors (Lipinski definition) is 1. The van der Waals surface area contributed by atoms with Crippen molar-refractivity contribution in [3.05, 3.63) is 29.8 Å². The predicted molar refractivity (Wildman–Crippen MR) is 78.0 cm³/mol. The molecule has 0 spiro atoms. The van der Waals surface area contributed by atoms with Crippen LogP contribution in [0.4, 0.5) is 4.39 Å². The van der Waals surface area contributed by atoms with E-state index in [1.165, 1.54) is 6.07 Å². The van der Waals surface area contributed by atoms with Gasteiger partial charge in [0.2, 0.25) is 0 Å². The molecule has 1 atom stereocenters.